The van der Waals surface area contributed by atoms with E-state index in [0.717, 1.165) is 149 Å². The van der Waals surface area contributed by atoms with Gasteiger partial charge < -0.3 is 29.9 Å². The number of nitrogens with zero attached hydrogens (tertiary/aromatic N) is 8. The molecule has 258 valence electrons. The van der Waals surface area contributed by atoms with Gasteiger partial charge in [0.25, 0.3) is 0 Å². The molecule has 0 aliphatic carbocycles. The van der Waals surface area contributed by atoms with Crippen molar-refractivity contribution in [1.29, 1.82) is 0 Å². The molecule has 0 unspecified atom stereocenters. The van der Waals surface area contributed by atoms with Crippen molar-refractivity contribution in [1.82, 2.24) is 39.9 Å². The van der Waals surface area contributed by atoms with Crippen LogP contribution >= 0.6 is 0 Å². The molecule has 0 spiro atoms. The van der Waals surface area contributed by atoms with Crippen molar-refractivity contribution < 1.29 is 0 Å². The maximum atomic E-state index is 5.30. The monoisotopic (exact) mass is 672 g/mol. The Labute approximate surface area is 310 Å². The number of hydrogen-bond donors (Lipinski definition) is 0. The molecule has 8 nitrogen and oxygen atoms in total. The molecular formula is C40H56MgN8. The molecule has 8 bridgehead atoms. The van der Waals surface area contributed by atoms with Crippen molar-refractivity contribution in [3.63, 3.8) is 0 Å². The third-order valence-corrected chi connectivity index (χ3v) is 9.31. The van der Waals surface area contributed by atoms with Crippen molar-refractivity contribution in [2.75, 3.05) is 0 Å². The van der Waals surface area contributed by atoms with Crippen LogP contribution in [0.2, 0.25) is 0 Å². The van der Waals surface area contributed by atoms with E-state index in [1.54, 1.807) is 0 Å². The second kappa shape index (κ2) is 18.4. The van der Waals surface area contributed by atoms with Crippen LogP contribution in [0.5, 0.6) is 0 Å². The molecular weight excluding hydrogens is 617 g/mol. The molecule has 3 aromatic heterocycles. The van der Waals surface area contributed by atoms with Gasteiger partial charge in [0.15, 0.2) is 0 Å². The minimum absolute atomic E-state index is 0. The van der Waals surface area contributed by atoms with Crippen LogP contribution in [-0.2, 0) is 25.7 Å². The molecule has 0 fully saturated rings. The Balaban J connectivity index is 0.00000541. The SMILES string of the molecule is CCCC1=C(CCC)c2nc1nc1[n-]c(nc3nc(nc4[n-]c(n2)c(CCC)c4CCC)C(CCC)=C3CCC)c(CCC)c1CCC.[Mg+2]. The molecule has 0 aromatic carbocycles. The van der Waals surface area contributed by atoms with Gasteiger partial charge in [-0.15, -0.1) is 0 Å². The first kappa shape index (κ1) is 38.9. The van der Waals surface area contributed by atoms with Gasteiger partial charge in [-0.3, -0.25) is 0 Å². The van der Waals surface area contributed by atoms with E-state index < -0.39 is 0 Å². The van der Waals surface area contributed by atoms with Crippen LogP contribution in [0.1, 0.15) is 178 Å². The molecule has 5 heterocycles. The molecule has 0 saturated carbocycles. The number of fused-ring (bicyclic) bond motifs is 8. The average Bonchev–Trinajstić information content (AvgIpc) is 3.75. The molecule has 0 atom stereocenters. The normalized spacial score (nSPS) is 13.1. The van der Waals surface area contributed by atoms with E-state index in [0.29, 0.717) is 0 Å². The molecule has 0 saturated heterocycles. The molecule has 2 aliphatic heterocycles. The third kappa shape index (κ3) is 8.19. The molecule has 3 aromatic rings. The minimum atomic E-state index is 0. The minimum Gasteiger partial charge on any atom is -0.358 e. The molecule has 2 aliphatic rings. The van der Waals surface area contributed by atoms with E-state index in [9.17, 15) is 0 Å². The van der Waals surface area contributed by atoms with E-state index in [1.165, 1.54) is 44.5 Å². The fourth-order valence-electron chi connectivity index (χ4n) is 7.26. The van der Waals surface area contributed by atoms with Gasteiger partial charge >= 0.3 is 23.1 Å². The zero-order chi connectivity index (χ0) is 34.2. The van der Waals surface area contributed by atoms with Gasteiger partial charge in [0.05, 0.1) is 23.3 Å². The Bertz CT molecular complexity index is 1570. The third-order valence-electron chi connectivity index (χ3n) is 9.31. The van der Waals surface area contributed by atoms with Gasteiger partial charge in [-0.05, 0) is 95.9 Å². The maximum Gasteiger partial charge on any atom is 2.00 e. The summed E-state index contributed by atoms with van der Waals surface area (Å²) in [6.45, 7) is 17.8. The summed E-state index contributed by atoms with van der Waals surface area (Å²) in [6.07, 6.45) is 15.3. The van der Waals surface area contributed by atoms with Gasteiger partial charge in [0.2, 0.25) is 0 Å². The first-order chi connectivity index (χ1) is 23.5. The largest absolute Gasteiger partial charge is 2.00 e. The Hall–Kier alpha value is -2.91. The smallest absolute Gasteiger partial charge is 0.358 e. The predicted molar refractivity (Wildman–Crippen MR) is 205 cm³/mol. The van der Waals surface area contributed by atoms with Crippen molar-refractivity contribution in [3.8, 4) is 0 Å². The van der Waals surface area contributed by atoms with E-state index in [-0.39, 0.29) is 23.1 Å². The molecule has 0 amide bonds. The van der Waals surface area contributed by atoms with Crippen LogP contribution in [0, 0.1) is 0 Å². The summed E-state index contributed by atoms with van der Waals surface area (Å²) >= 11 is 0. The second-order valence-corrected chi connectivity index (χ2v) is 13.3. The van der Waals surface area contributed by atoms with Crippen LogP contribution in [0.4, 0.5) is 0 Å². The second-order valence-electron chi connectivity index (χ2n) is 13.3. The van der Waals surface area contributed by atoms with Gasteiger partial charge in [0.1, 0.15) is 0 Å². The molecule has 9 heteroatoms. The predicted octanol–water partition coefficient (Wildman–Crippen LogP) is 9.60. The van der Waals surface area contributed by atoms with E-state index in [2.05, 4.69) is 55.4 Å². The molecule has 0 N–H and O–H groups in total. The fraction of sp³-hybridized carbons (Fsp3) is 0.600. The maximum absolute atomic E-state index is 5.30. The zero-order valence-corrected chi connectivity index (χ0v) is 33.0. The summed E-state index contributed by atoms with van der Waals surface area (Å²) in [4.78, 5) is 42.0. The zero-order valence-electron chi connectivity index (χ0n) is 31.6. The quantitative estimate of drug-likeness (QED) is 0.139. The van der Waals surface area contributed by atoms with Gasteiger partial charge in [-0.1, -0.05) is 107 Å². The first-order valence-corrected chi connectivity index (χ1v) is 19.1. The average molecular weight is 673 g/mol. The van der Waals surface area contributed by atoms with Gasteiger partial charge in [-0.25, -0.2) is 9.97 Å². The number of rotatable bonds is 16. The summed E-state index contributed by atoms with van der Waals surface area (Å²) in [7, 11) is 0. The number of aromatic nitrogens is 8. The number of allylic oxidation sites excluding steroid dienone is 4. The fourth-order valence-corrected chi connectivity index (χ4v) is 7.26. The van der Waals surface area contributed by atoms with Crippen molar-refractivity contribution >= 4 is 67.9 Å². The van der Waals surface area contributed by atoms with Gasteiger partial charge in [-0.2, -0.15) is 0 Å². The van der Waals surface area contributed by atoms with Crippen LogP contribution in [0.3, 0.4) is 0 Å². The van der Waals surface area contributed by atoms with E-state index in [4.69, 9.17) is 39.9 Å². The van der Waals surface area contributed by atoms with Crippen LogP contribution < -0.4 is 9.97 Å². The van der Waals surface area contributed by atoms with Crippen molar-refractivity contribution in [2.45, 2.75) is 158 Å². The number of aryl methyl sites for hydroxylation is 4. The first-order valence-electron chi connectivity index (χ1n) is 19.1. The Kier molecular flexibility index (Phi) is 14.6. The Morgan fingerprint density at radius 3 is 0.694 bits per heavy atom. The van der Waals surface area contributed by atoms with Crippen LogP contribution in [0.25, 0.3) is 44.9 Å². The van der Waals surface area contributed by atoms with Gasteiger partial charge in [0, 0.05) is 22.6 Å². The van der Waals surface area contributed by atoms with E-state index >= 15 is 0 Å². The van der Waals surface area contributed by atoms with E-state index in [1.807, 2.05) is 0 Å². The Morgan fingerprint density at radius 2 is 0.510 bits per heavy atom. The van der Waals surface area contributed by atoms with Crippen molar-refractivity contribution in [3.05, 3.63) is 45.6 Å². The summed E-state index contributed by atoms with van der Waals surface area (Å²) in [5.74, 6) is 3.01. The summed E-state index contributed by atoms with van der Waals surface area (Å²) < 4.78 is 0. The van der Waals surface area contributed by atoms with Crippen LogP contribution in [-0.4, -0.2) is 53.0 Å². The topological polar surface area (TPSA) is 106 Å². The molecule has 49 heavy (non-hydrogen) atoms. The van der Waals surface area contributed by atoms with Crippen molar-refractivity contribution in [2.24, 2.45) is 0 Å². The van der Waals surface area contributed by atoms with Crippen LogP contribution in [0.15, 0.2) is 0 Å². The summed E-state index contributed by atoms with van der Waals surface area (Å²) in [6, 6.07) is 0. The molecule has 5 rings (SSSR count). The summed E-state index contributed by atoms with van der Waals surface area (Å²) in [5.41, 5.74) is 12.6. The summed E-state index contributed by atoms with van der Waals surface area (Å²) in [5, 5.41) is 0. The Morgan fingerprint density at radius 1 is 0.306 bits per heavy atom. The standard InChI is InChI=1S/C40H56N8.Mg/c1-9-17-25-26(18-10-2)34-41-33(25)45-35-27(19-11-3)28(20-12-4)37(42-35)47-39-31(23-15-7)32(24-16-8)40(44-39)48-38-30(22-14-6)29(21-13-5)36(43-38)46-34;/h9-24H2,1-8H3;/q-2;+2. The molecule has 0 radical (unpaired) electrons. The number of hydrogen-bond acceptors (Lipinski definition) is 6.